The van der Waals surface area contributed by atoms with Crippen molar-refractivity contribution in [2.75, 3.05) is 19.8 Å². The number of nitrogens with one attached hydrogen (secondary N) is 1. The van der Waals surface area contributed by atoms with Crippen LogP contribution in [0.25, 0.3) is 11.0 Å². The molecule has 1 N–H and O–H groups in total. The zero-order chi connectivity index (χ0) is 34.2. The summed E-state index contributed by atoms with van der Waals surface area (Å²) in [4.78, 5) is 13.9. The minimum atomic E-state index is -3.83. The first-order valence-corrected chi connectivity index (χ1v) is 18.5. The maximum absolute atomic E-state index is 14.0. The second-order valence-electron chi connectivity index (χ2n) is 13.7. The van der Waals surface area contributed by atoms with Crippen LogP contribution in [0.4, 0.5) is 0 Å². The van der Waals surface area contributed by atoms with Gasteiger partial charge in [0.15, 0.2) is 0 Å². The molecule has 256 valence electrons. The third-order valence-corrected chi connectivity index (χ3v) is 11.8. The largest absolute Gasteiger partial charge is 0.488 e. The number of sulfonamides is 1. The van der Waals surface area contributed by atoms with Crippen molar-refractivity contribution in [1.82, 2.24) is 24.6 Å². The molecule has 0 bridgehead atoms. The highest BCUT2D eigenvalue weighted by molar-refractivity contribution is 7.89. The number of carbonyl (C=O) groups is 1. The van der Waals surface area contributed by atoms with Crippen LogP contribution in [0.3, 0.4) is 0 Å². The average Bonchev–Trinajstić information content (AvgIpc) is 3.46. The molecule has 1 fully saturated rings. The van der Waals surface area contributed by atoms with Gasteiger partial charge in [-0.15, -0.1) is 5.10 Å². The molecule has 3 atom stereocenters. The molecule has 0 saturated carbocycles. The summed E-state index contributed by atoms with van der Waals surface area (Å²) in [7, 11) is -3.83. The van der Waals surface area contributed by atoms with Gasteiger partial charge in [0, 0.05) is 31.2 Å². The summed E-state index contributed by atoms with van der Waals surface area (Å²) in [5, 5.41) is 12.3. The Kier molecular flexibility index (Phi) is 9.66. The number of aryl methyl sites for hydroxylation is 3. The Morgan fingerprint density at radius 1 is 1.10 bits per heavy atom. The first kappa shape index (κ1) is 34.1. The fourth-order valence-corrected chi connectivity index (χ4v) is 8.76. The Balaban J connectivity index is 1.43. The van der Waals surface area contributed by atoms with E-state index >= 15 is 0 Å². The smallest absolute Gasteiger partial charge is 0.247 e. The molecular formula is C37H47N5O5S. The molecule has 1 amide bonds. The number of ether oxygens (including phenoxy) is 2. The van der Waals surface area contributed by atoms with Crippen molar-refractivity contribution in [3.05, 3.63) is 82.4 Å². The summed E-state index contributed by atoms with van der Waals surface area (Å²) < 4.78 is 43.3. The van der Waals surface area contributed by atoms with Gasteiger partial charge in [0.1, 0.15) is 22.3 Å². The monoisotopic (exact) mass is 673 g/mol. The molecule has 2 aliphatic heterocycles. The normalized spacial score (nSPS) is 20.5. The van der Waals surface area contributed by atoms with Gasteiger partial charge in [-0.25, -0.2) is 13.1 Å². The molecule has 0 radical (unpaired) electrons. The molecule has 3 aromatic carbocycles. The van der Waals surface area contributed by atoms with Crippen molar-refractivity contribution in [3.8, 4) is 5.75 Å². The molecule has 11 heteroatoms. The molecule has 0 spiro atoms. The molecule has 2 unspecified atom stereocenters. The highest BCUT2D eigenvalue weighted by Crippen LogP contribution is 2.40. The fraction of sp³-hybridized carbons (Fsp3) is 0.486. The third-order valence-electron chi connectivity index (χ3n) is 9.97. The van der Waals surface area contributed by atoms with Crippen molar-refractivity contribution < 1.29 is 22.7 Å². The quantitative estimate of drug-likeness (QED) is 0.236. The number of fused-ring (bicyclic) bond motifs is 2. The number of nitrogens with zero attached hydrogens (tertiary/aromatic N) is 4. The Hall–Kier alpha value is -3.80. The van der Waals surface area contributed by atoms with E-state index in [4.69, 9.17) is 9.47 Å². The zero-order valence-corrected chi connectivity index (χ0v) is 29.6. The predicted octanol–water partition coefficient (Wildman–Crippen LogP) is 5.88. The maximum Gasteiger partial charge on any atom is 0.247 e. The van der Waals surface area contributed by atoms with Crippen molar-refractivity contribution in [3.63, 3.8) is 0 Å². The fourth-order valence-electron chi connectivity index (χ4n) is 7.19. The summed E-state index contributed by atoms with van der Waals surface area (Å²) in [6, 6.07) is 17.3. The van der Waals surface area contributed by atoms with Gasteiger partial charge in [0.25, 0.3) is 0 Å². The van der Waals surface area contributed by atoms with Gasteiger partial charge >= 0.3 is 0 Å². The molecule has 2 aliphatic rings. The summed E-state index contributed by atoms with van der Waals surface area (Å²) in [6.45, 7) is 14.5. The Morgan fingerprint density at radius 2 is 1.90 bits per heavy atom. The number of hydrogen-bond acceptors (Lipinski definition) is 7. The van der Waals surface area contributed by atoms with Crippen molar-refractivity contribution in [2.24, 2.45) is 5.92 Å². The second-order valence-corrected chi connectivity index (χ2v) is 15.6. The Bertz CT molecular complexity index is 1910. The first-order chi connectivity index (χ1) is 22.9. The molecule has 48 heavy (non-hydrogen) atoms. The van der Waals surface area contributed by atoms with E-state index in [2.05, 4.69) is 66.7 Å². The molecule has 1 aromatic heterocycles. The Morgan fingerprint density at radius 3 is 2.62 bits per heavy atom. The van der Waals surface area contributed by atoms with E-state index in [0.29, 0.717) is 31.9 Å². The van der Waals surface area contributed by atoms with Crippen LogP contribution in [-0.4, -0.2) is 65.0 Å². The minimum absolute atomic E-state index is 0.0207. The Labute approximate surface area is 283 Å². The molecule has 3 heterocycles. The van der Waals surface area contributed by atoms with Crippen LogP contribution in [-0.2, 0) is 32.6 Å². The van der Waals surface area contributed by atoms with Gasteiger partial charge < -0.3 is 14.8 Å². The standard InChI is InChI=1S/C37H47N5O5S/c1-7-29-22-41(48(44,45)33-14-10-9-13-32(33)47-29)21-28-20-26(16-15-24(28)3)34(37(5,6)38-36(43)27-12-11-19-46-23-27)30-17-18-31-35(25(30)4)39-40-42(31)8-2/h9-10,13-18,20,27,29,34H,7-8,11-12,19,21-23H2,1-6H3,(H,38,43)/t27?,29-,34?/m1/s1. The van der Waals surface area contributed by atoms with Crippen LogP contribution in [0.5, 0.6) is 5.75 Å². The van der Waals surface area contributed by atoms with Gasteiger partial charge in [-0.3, -0.25) is 4.79 Å². The second kappa shape index (κ2) is 13.6. The molecule has 1 saturated heterocycles. The van der Waals surface area contributed by atoms with Gasteiger partial charge in [0.2, 0.25) is 15.9 Å². The van der Waals surface area contributed by atoms with E-state index in [-0.39, 0.29) is 41.8 Å². The number of para-hydroxylation sites is 1. The molecule has 6 rings (SSSR count). The average molecular weight is 674 g/mol. The first-order valence-electron chi connectivity index (χ1n) is 17.0. The lowest BCUT2D eigenvalue weighted by atomic mass is 9.74. The maximum atomic E-state index is 14.0. The minimum Gasteiger partial charge on any atom is -0.488 e. The highest BCUT2D eigenvalue weighted by atomic mass is 32.2. The van der Waals surface area contributed by atoms with E-state index in [0.717, 1.165) is 51.7 Å². The van der Waals surface area contributed by atoms with E-state index < -0.39 is 15.6 Å². The van der Waals surface area contributed by atoms with Crippen LogP contribution in [0, 0.1) is 19.8 Å². The van der Waals surface area contributed by atoms with E-state index in [9.17, 15) is 13.2 Å². The van der Waals surface area contributed by atoms with Crippen LogP contribution < -0.4 is 10.1 Å². The van der Waals surface area contributed by atoms with Crippen LogP contribution in [0.15, 0.2) is 59.5 Å². The number of amides is 1. The number of carbonyl (C=O) groups excluding carboxylic acids is 1. The van der Waals surface area contributed by atoms with Gasteiger partial charge in [-0.2, -0.15) is 4.31 Å². The lowest BCUT2D eigenvalue weighted by Gasteiger charge is -2.38. The number of hydrogen-bond donors (Lipinski definition) is 1. The lowest BCUT2D eigenvalue weighted by molar-refractivity contribution is -0.130. The molecule has 10 nitrogen and oxygen atoms in total. The molecule has 4 aromatic rings. The van der Waals surface area contributed by atoms with Gasteiger partial charge in [-0.05, 0) is 99.9 Å². The molecular weight excluding hydrogens is 627 g/mol. The summed E-state index contributed by atoms with van der Waals surface area (Å²) in [5.74, 6) is -0.114. The van der Waals surface area contributed by atoms with Crippen LogP contribution in [0.2, 0.25) is 0 Å². The van der Waals surface area contributed by atoms with Crippen molar-refractivity contribution >= 4 is 27.0 Å². The topological polar surface area (TPSA) is 116 Å². The highest BCUT2D eigenvalue weighted by Gasteiger charge is 2.38. The van der Waals surface area contributed by atoms with E-state index in [1.165, 1.54) is 0 Å². The predicted molar refractivity (Wildman–Crippen MR) is 185 cm³/mol. The van der Waals surface area contributed by atoms with E-state index in [1.807, 2.05) is 25.5 Å². The number of rotatable bonds is 9. The van der Waals surface area contributed by atoms with Crippen LogP contribution in [0.1, 0.15) is 80.7 Å². The SMILES string of the molecule is CC[C@@H]1CN(Cc2cc(C(c3ccc4c(nnn4CC)c3C)C(C)(C)NC(=O)C3CCCOC3)ccc2C)S(=O)(=O)c2ccccc2O1. The van der Waals surface area contributed by atoms with Crippen molar-refractivity contribution in [1.29, 1.82) is 0 Å². The number of benzene rings is 3. The molecule has 0 aliphatic carbocycles. The van der Waals surface area contributed by atoms with Gasteiger partial charge in [0.05, 0.1) is 24.6 Å². The van der Waals surface area contributed by atoms with Crippen LogP contribution >= 0.6 is 0 Å². The lowest BCUT2D eigenvalue weighted by Crippen LogP contribution is -2.51. The summed E-state index contributed by atoms with van der Waals surface area (Å²) in [5.41, 5.74) is 5.94. The van der Waals surface area contributed by atoms with E-state index in [1.54, 1.807) is 28.6 Å². The summed E-state index contributed by atoms with van der Waals surface area (Å²) in [6.07, 6.45) is 2.05. The third kappa shape index (κ3) is 6.47. The van der Waals surface area contributed by atoms with Gasteiger partial charge in [-0.1, -0.05) is 48.5 Å². The van der Waals surface area contributed by atoms with Crippen molar-refractivity contribution in [2.45, 2.75) is 96.4 Å². The zero-order valence-electron chi connectivity index (χ0n) is 28.8. The number of aromatic nitrogens is 3. The summed E-state index contributed by atoms with van der Waals surface area (Å²) >= 11 is 0.